The lowest BCUT2D eigenvalue weighted by atomic mass is 10.1. The topological polar surface area (TPSA) is 64.8 Å². The van der Waals surface area contributed by atoms with E-state index in [0.29, 0.717) is 24.9 Å². The Morgan fingerprint density at radius 2 is 1.79 bits per heavy atom. The van der Waals surface area contributed by atoms with Crippen LogP contribution >= 0.6 is 0 Å². The number of rotatable bonds is 5. The number of benzene rings is 1. The van der Waals surface area contributed by atoms with E-state index in [9.17, 15) is 14.5 Å². The molecular formula is C17H23FN2O4. The van der Waals surface area contributed by atoms with Gasteiger partial charge in [-0.05, 0) is 25.7 Å². The van der Waals surface area contributed by atoms with Gasteiger partial charge in [-0.2, -0.15) is 0 Å². The quantitative estimate of drug-likeness (QED) is 0.605. The van der Waals surface area contributed by atoms with Crippen LogP contribution < -0.4 is 9.64 Å². The summed E-state index contributed by atoms with van der Waals surface area (Å²) in [7, 11) is 1.36. The molecule has 0 N–H and O–H groups in total. The highest BCUT2D eigenvalue weighted by Gasteiger charge is 2.29. The lowest BCUT2D eigenvalue weighted by Crippen LogP contribution is -2.38. The van der Waals surface area contributed by atoms with E-state index < -0.39 is 10.7 Å². The molecule has 1 aliphatic heterocycles. The maximum Gasteiger partial charge on any atom is 0.295 e. The molecule has 6 nitrogen and oxygen atoms in total. The predicted molar refractivity (Wildman–Crippen MR) is 88.2 cm³/mol. The van der Waals surface area contributed by atoms with Crippen molar-refractivity contribution in [3.8, 4) is 5.75 Å². The summed E-state index contributed by atoms with van der Waals surface area (Å²) in [5.41, 5.74) is 0.195. The molecule has 0 bridgehead atoms. The zero-order chi connectivity index (χ0) is 17.1. The number of hydrogen-bond donors (Lipinski definition) is 0. The van der Waals surface area contributed by atoms with Gasteiger partial charge >= 0.3 is 0 Å². The second-order valence-electron chi connectivity index (χ2n) is 6.46. The van der Waals surface area contributed by atoms with Crippen LogP contribution in [0, 0.1) is 15.9 Å². The molecular weight excluding hydrogens is 315 g/mol. The normalized spacial score (nSPS) is 19.7. The van der Waals surface area contributed by atoms with Crippen molar-refractivity contribution in [3.63, 3.8) is 0 Å². The van der Waals surface area contributed by atoms with Gasteiger partial charge in [-0.3, -0.25) is 10.1 Å². The molecule has 2 aliphatic rings. The fourth-order valence-electron chi connectivity index (χ4n) is 3.62. The van der Waals surface area contributed by atoms with Crippen LogP contribution in [0.1, 0.15) is 38.5 Å². The Hall–Kier alpha value is -1.89. The van der Waals surface area contributed by atoms with Gasteiger partial charge in [0, 0.05) is 19.2 Å². The number of methoxy groups -OCH3 is 1. The first-order chi connectivity index (χ1) is 11.6. The maximum atomic E-state index is 13.8. The van der Waals surface area contributed by atoms with Gasteiger partial charge in [0.1, 0.15) is 5.69 Å². The first-order valence-corrected chi connectivity index (χ1v) is 8.51. The van der Waals surface area contributed by atoms with Crippen molar-refractivity contribution >= 4 is 11.4 Å². The SMILES string of the molecule is COc1cc(N2CCC(OC3CCCC3)CC2)c([N+](=O)[O-])cc1F. The summed E-state index contributed by atoms with van der Waals surface area (Å²) < 4.78 is 24.9. The molecule has 0 atom stereocenters. The molecule has 7 heteroatoms. The van der Waals surface area contributed by atoms with Crippen molar-refractivity contribution in [3.05, 3.63) is 28.1 Å². The zero-order valence-corrected chi connectivity index (χ0v) is 13.9. The van der Waals surface area contributed by atoms with Crippen LogP contribution in [-0.4, -0.2) is 37.3 Å². The number of nitro groups is 1. The van der Waals surface area contributed by atoms with Gasteiger partial charge in [0.05, 0.1) is 30.3 Å². The second-order valence-corrected chi connectivity index (χ2v) is 6.46. The van der Waals surface area contributed by atoms with E-state index in [1.165, 1.54) is 26.0 Å². The maximum absolute atomic E-state index is 13.8. The van der Waals surface area contributed by atoms with Gasteiger partial charge in [-0.25, -0.2) is 4.39 Å². The number of nitrogens with zero attached hydrogens (tertiary/aromatic N) is 2. The molecule has 1 saturated carbocycles. The fourth-order valence-corrected chi connectivity index (χ4v) is 3.62. The van der Waals surface area contributed by atoms with Crippen LogP contribution in [0.25, 0.3) is 0 Å². The summed E-state index contributed by atoms with van der Waals surface area (Å²) in [4.78, 5) is 12.6. The van der Waals surface area contributed by atoms with Crippen LogP contribution in [0.4, 0.5) is 15.8 Å². The smallest absolute Gasteiger partial charge is 0.295 e. The number of anilines is 1. The first-order valence-electron chi connectivity index (χ1n) is 8.51. The third kappa shape index (κ3) is 3.61. The van der Waals surface area contributed by atoms with Crippen molar-refractivity contribution in [1.82, 2.24) is 0 Å². The molecule has 0 aromatic heterocycles. The molecule has 0 spiro atoms. The molecule has 3 rings (SSSR count). The minimum absolute atomic E-state index is 0.0277. The Kier molecular flexibility index (Phi) is 5.18. The van der Waals surface area contributed by atoms with E-state index in [1.54, 1.807) is 0 Å². The van der Waals surface area contributed by atoms with Crippen LogP contribution in [0.2, 0.25) is 0 Å². The minimum Gasteiger partial charge on any atom is -0.494 e. The summed E-state index contributed by atoms with van der Waals surface area (Å²) in [6, 6.07) is 2.36. The standard InChI is InChI=1S/C17H23FN2O4/c1-23-17-11-15(16(20(21)22)10-14(17)18)19-8-6-13(7-9-19)24-12-4-2-3-5-12/h10-13H,2-9H2,1H3. The highest BCUT2D eigenvalue weighted by Crippen LogP contribution is 2.36. The highest BCUT2D eigenvalue weighted by atomic mass is 19.1. The summed E-state index contributed by atoms with van der Waals surface area (Å²) in [5.74, 6) is -0.688. The van der Waals surface area contributed by atoms with E-state index in [0.717, 1.165) is 31.7 Å². The summed E-state index contributed by atoms with van der Waals surface area (Å²) in [6.07, 6.45) is 7.01. The molecule has 1 saturated heterocycles. The Balaban J connectivity index is 1.69. The van der Waals surface area contributed by atoms with Crippen LogP contribution in [0.5, 0.6) is 5.75 Å². The molecule has 132 valence electrons. The third-order valence-electron chi connectivity index (χ3n) is 4.92. The van der Waals surface area contributed by atoms with Crippen molar-refractivity contribution in [2.45, 2.75) is 50.7 Å². The molecule has 1 aromatic carbocycles. The predicted octanol–water partition coefficient (Wildman–Crippen LogP) is 3.67. The lowest BCUT2D eigenvalue weighted by molar-refractivity contribution is -0.384. The summed E-state index contributed by atoms with van der Waals surface area (Å²) >= 11 is 0. The highest BCUT2D eigenvalue weighted by molar-refractivity contribution is 5.66. The average molecular weight is 338 g/mol. The molecule has 0 unspecified atom stereocenters. The average Bonchev–Trinajstić information content (AvgIpc) is 3.08. The molecule has 24 heavy (non-hydrogen) atoms. The number of ether oxygens (including phenoxy) is 2. The van der Waals surface area contributed by atoms with Crippen molar-refractivity contribution in [1.29, 1.82) is 0 Å². The largest absolute Gasteiger partial charge is 0.494 e. The Morgan fingerprint density at radius 3 is 2.38 bits per heavy atom. The van der Waals surface area contributed by atoms with Gasteiger partial charge in [0.25, 0.3) is 5.69 Å². The molecule has 1 aromatic rings. The van der Waals surface area contributed by atoms with Crippen molar-refractivity contribution in [2.75, 3.05) is 25.1 Å². The zero-order valence-electron chi connectivity index (χ0n) is 13.9. The fraction of sp³-hybridized carbons (Fsp3) is 0.647. The number of halogens is 1. The Bertz CT molecular complexity index is 596. The lowest BCUT2D eigenvalue weighted by Gasteiger charge is -2.34. The molecule has 0 amide bonds. The van der Waals surface area contributed by atoms with E-state index in [1.807, 2.05) is 4.90 Å². The van der Waals surface area contributed by atoms with Crippen molar-refractivity contribution in [2.24, 2.45) is 0 Å². The molecule has 0 radical (unpaired) electrons. The van der Waals surface area contributed by atoms with Gasteiger partial charge < -0.3 is 14.4 Å². The van der Waals surface area contributed by atoms with E-state index >= 15 is 0 Å². The first kappa shape index (κ1) is 17.0. The van der Waals surface area contributed by atoms with Gasteiger partial charge in [-0.1, -0.05) is 12.8 Å². The Labute approximate surface area is 140 Å². The summed E-state index contributed by atoms with van der Waals surface area (Å²) in [5, 5.41) is 11.3. The molecule has 1 aliphatic carbocycles. The number of piperidine rings is 1. The monoisotopic (exact) mass is 338 g/mol. The van der Waals surface area contributed by atoms with Crippen LogP contribution in [0.15, 0.2) is 12.1 Å². The van der Waals surface area contributed by atoms with E-state index in [4.69, 9.17) is 9.47 Å². The van der Waals surface area contributed by atoms with Crippen molar-refractivity contribution < 1.29 is 18.8 Å². The minimum atomic E-state index is -0.715. The van der Waals surface area contributed by atoms with E-state index in [-0.39, 0.29) is 17.5 Å². The summed E-state index contributed by atoms with van der Waals surface area (Å²) in [6.45, 7) is 1.32. The Morgan fingerprint density at radius 1 is 1.17 bits per heavy atom. The van der Waals surface area contributed by atoms with Gasteiger partial charge in [0.15, 0.2) is 11.6 Å². The van der Waals surface area contributed by atoms with Gasteiger partial charge in [0.2, 0.25) is 0 Å². The van der Waals surface area contributed by atoms with Gasteiger partial charge in [-0.15, -0.1) is 0 Å². The molecule has 1 heterocycles. The number of nitro benzene ring substituents is 1. The van der Waals surface area contributed by atoms with Crippen LogP contribution in [-0.2, 0) is 4.74 Å². The van der Waals surface area contributed by atoms with E-state index in [2.05, 4.69) is 0 Å². The number of hydrogen-bond acceptors (Lipinski definition) is 5. The van der Waals surface area contributed by atoms with Crippen LogP contribution in [0.3, 0.4) is 0 Å². The molecule has 2 fully saturated rings. The second kappa shape index (κ2) is 7.34. The third-order valence-corrected chi connectivity index (χ3v) is 4.92.